The van der Waals surface area contributed by atoms with Crippen LogP contribution in [0.25, 0.3) is 0 Å². The summed E-state index contributed by atoms with van der Waals surface area (Å²) in [5.41, 5.74) is 0.959. The van der Waals surface area contributed by atoms with Crippen LogP contribution in [-0.2, 0) is 20.5 Å². The lowest BCUT2D eigenvalue weighted by atomic mass is 10.1. The highest BCUT2D eigenvalue weighted by molar-refractivity contribution is 7.17. The van der Waals surface area contributed by atoms with Gasteiger partial charge >= 0.3 is 14.7 Å². The van der Waals surface area contributed by atoms with Crippen molar-refractivity contribution in [1.29, 1.82) is 0 Å². The number of aryl methyl sites for hydroxylation is 1. The summed E-state index contributed by atoms with van der Waals surface area (Å²) >= 11 is 0. The van der Waals surface area contributed by atoms with Crippen LogP contribution in [0, 0.1) is 0 Å². The standard InChI is InChI=1S/C11H13O5P/c12-7-8-15-11(13)6-3-9-1-4-10(5-2-9)16-17-14/h1-2,4-5,12H,3,6-8H2. The third kappa shape index (κ3) is 5.43. The maximum absolute atomic E-state index is 11.1. The molecule has 0 unspecified atom stereocenters. The van der Waals surface area contributed by atoms with Crippen LogP contribution in [0.4, 0.5) is 0 Å². The zero-order valence-electron chi connectivity index (χ0n) is 9.17. The lowest BCUT2D eigenvalue weighted by Crippen LogP contribution is -2.09. The van der Waals surface area contributed by atoms with Crippen LogP contribution in [0.5, 0.6) is 5.75 Å². The highest BCUT2D eigenvalue weighted by Crippen LogP contribution is 2.16. The van der Waals surface area contributed by atoms with Crippen molar-refractivity contribution in [3.05, 3.63) is 29.8 Å². The summed E-state index contributed by atoms with van der Waals surface area (Å²) in [4.78, 5) is 11.1. The van der Waals surface area contributed by atoms with Crippen molar-refractivity contribution in [1.82, 2.24) is 0 Å². The van der Waals surface area contributed by atoms with Crippen molar-refractivity contribution in [2.45, 2.75) is 12.8 Å². The first-order chi connectivity index (χ1) is 8.26. The van der Waals surface area contributed by atoms with Crippen LogP contribution in [0.1, 0.15) is 12.0 Å². The number of aliphatic hydroxyl groups is 1. The van der Waals surface area contributed by atoms with Crippen molar-refractivity contribution in [2.24, 2.45) is 0 Å². The van der Waals surface area contributed by atoms with Crippen LogP contribution >= 0.6 is 8.69 Å². The Kier molecular flexibility index (Phi) is 6.22. The zero-order chi connectivity index (χ0) is 12.5. The molecule has 0 saturated carbocycles. The number of carbonyl (C=O) groups is 1. The van der Waals surface area contributed by atoms with E-state index in [1.54, 1.807) is 24.3 Å². The molecule has 0 atom stereocenters. The maximum Gasteiger partial charge on any atom is 0.395 e. The fourth-order valence-corrected chi connectivity index (χ4v) is 1.45. The molecule has 0 aromatic heterocycles. The minimum absolute atomic E-state index is 0.0359. The molecule has 17 heavy (non-hydrogen) atoms. The van der Waals surface area contributed by atoms with E-state index < -0.39 is 0 Å². The molecule has 0 bridgehead atoms. The third-order valence-electron chi connectivity index (χ3n) is 2.04. The molecule has 92 valence electrons. The average Bonchev–Trinajstić information content (AvgIpc) is 2.36. The van der Waals surface area contributed by atoms with Gasteiger partial charge in [0.05, 0.1) is 6.61 Å². The van der Waals surface area contributed by atoms with Gasteiger partial charge in [-0.25, -0.2) is 4.57 Å². The van der Waals surface area contributed by atoms with Gasteiger partial charge < -0.3 is 14.4 Å². The molecule has 1 aromatic carbocycles. The number of hydrogen-bond donors (Lipinski definition) is 1. The summed E-state index contributed by atoms with van der Waals surface area (Å²) in [5.74, 6) is 0.172. The molecular weight excluding hydrogens is 243 g/mol. The number of carbonyl (C=O) groups excluding carboxylic acids is 1. The van der Waals surface area contributed by atoms with Gasteiger partial charge in [0.25, 0.3) is 0 Å². The van der Waals surface area contributed by atoms with E-state index in [9.17, 15) is 9.36 Å². The molecule has 1 N–H and O–H groups in total. The molecule has 6 heteroatoms. The summed E-state index contributed by atoms with van der Waals surface area (Å²) in [6.07, 6.45) is 0.819. The van der Waals surface area contributed by atoms with Crippen molar-refractivity contribution >= 4 is 14.7 Å². The number of aliphatic hydroxyl groups excluding tert-OH is 1. The topological polar surface area (TPSA) is 72.8 Å². The first-order valence-corrected chi connectivity index (χ1v) is 5.84. The van der Waals surface area contributed by atoms with E-state index in [1.165, 1.54) is 0 Å². The Hall–Kier alpha value is -1.45. The van der Waals surface area contributed by atoms with Crippen molar-refractivity contribution < 1.29 is 23.7 Å². The van der Waals surface area contributed by atoms with Gasteiger partial charge in [0.2, 0.25) is 0 Å². The van der Waals surface area contributed by atoms with Gasteiger partial charge in [-0.2, -0.15) is 0 Å². The largest absolute Gasteiger partial charge is 0.463 e. The van der Waals surface area contributed by atoms with E-state index in [-0.39, 0.29) is 34.3 Å². The first-order valence-electron chi connectivity index (χ1n) is 5.11. The molecule has 0 saturated heterocycles. The minimum Gasteiger partial charge on any atom is -0.463 e. The highest BCUT2D eigenvalue weighted by Gasteiger charge is 2.03. The lowest BCUT2D eigenvalue weighted by molar-refractivity contribution is -0.144. The van der Waals surface area contributed by atoms with E-state index in [2.05, 4.69) is 0 Å². The molecule has 0 aliphatic carbocycles. The Morgan fingerprint density at radius 1 is 1.29 bits per heavy atom. The van der Waals surface area contributed by atoms with E-state index >= 15 is 0 Å². The van der Waals surface area contributed by atoms with Crippen LogP contribution in [0.3, 0.4) is 0 Å². The van der Waals surface area contributed by atoms with Gasteiger partial charge in [0.1, 0.15) is 12.4 Å². The van der Waals surface area contributed by atoms with E-state index in [0.29, 0.717) is 12.2 Å². The Morgan fingerprint density at radius 2 is 2.00 bits per heavy atom. The van der Waals surface area contributed by atoms with Gasteiger partial charge in [-0.1, -0.05) is 12.1 Å². The number of benzene rings is 1. The van der Waals surface area contributed by atoms with Gasteiger partial charge in [-0.15, -0.1) is 0 Å². The second-order valence-electron chi connectivity index (χ2n) is 3.25. The lowest BCUT2D eigenvalue weighted by Gasteiger charge is -2.03. The second kappa shape index (κ2) is 7.76. The molecule has 0 aliphatic heterocycles. The summed E-state index contributed by atoms with van der Waals surface area (Å²) in [7, 11) is -0.390. The SMILES string of the molecule is O=POc1ccc(CCC(=O)OCCO)cc1. The summed E-state index contributed by atoms with van der Waals surface area (Å²) in [6, 6.07) is 6.94. The van der Waals surface area contributed by atoms with Gasteiger partial charge in [-0.05, 0) is 24.1 Å². The molecule has 1 rings (SSSR count). The molecule has 5 nitrogen and oxygen atoms in total. The predicted molar refractivity (Wildman–Crippen MR) is 61.0 cm³/mol. The second-order valence-corrected chi connectivity index (χ2v) is 3.59. The Bertz CT molecular complexity index is 363. The molecule has 0 radical (unpaired) electrons. The normalized spacial score (nSPS) is 10.2. The number of rotatable bonds is 7. The quantitative estimate of drug-likeness (QED) is 0.594. The van der Waals surface area contributed by atoms with Crippen LogP contribution in [0.15, 0.2) is 24.3 Å². The molecular formula is C11H13O5P. The monoisotopic (exact) mass is 256 g/mol. The van der Waals surface area contributed by atoms with Crippen molar-refractivity contribution in [2.75, 3.05) is 13.2 Å². The summed E-state index contributed by atoms with van der Waals surface area (Å²) in [5, 5.41) is 8.46. The van der Waals surface area contributed by atoms with E-state index in [1.807, 2.05) is 0 Å². The number of ether oxygens (including phenoxy) is 1. The fourth-order valence-electron chi connectivity index (χ4n) is 1.24. The number of hydrogen-bond acceptors (Lipinski definition) is 5. The average molecular weight is 256 g/mol. The molecule has 0 fully saturated rings. The first kappa shape index (κ1) is 13.6. The minimum atomic E-state index is -0.390. The Labute approximate surface area is 101 Å². The van der Waals surface area contributed by atoms with E-state index in [0.717, 1.165) is 5.56 Å². The molecule has 1 aromatic rings. The molecule has 0 spiro atoms. The zero-order valence-corrected chi connectivity index (χ0v) is 10.1. The summed E-state index contributed by atoms with van der Waals surface area (Å²) in [6.45, 7) is -0.125. The van der Waals surface area contributed by atoms with Crippen LogP contribution < -0.4 is 4.52 Å². The fraction of sp³-hybridized carbons (Fsp3) is 0.364. The summed E-state index contributed by atoms with van der Waals surface area (Å²) < 4.78 is 19.6. The highest BCUT2D eigenvalue weighted by atomic mass is 31.1. The molecule has 0 heterocycles. The van der Waals surface area contributed by atoms with Gasteiger partial charge in [-0.3, -0.25) is 4.79 Å². The van der Waals surface area contributed by atoms with Gasteiger partial charge in [0.15, 0.2) is 0 Å². The molecule has 0 amide bonds. The Morgan fingerprint density at radius 3 is 2.59 bits per heavy atom. The number of esters is 1. The predicted octanol–water partition coefficient (Wildman–Crippen LogP) is 1.74. The van der Waals surface area contributed by atoms with Crippen LogP contribution in [-0.4, -0.2) is 24.3 Å². The third-order valence-corrected chi connectivity index (χ3v) is 2.32. The smallest absolute Gasteiger partial charge is 0.395 e. The van der Waals surface area contributed by atoms with Crippen molar-refractivity contribution in [3.63, 3.8) is 0 Å². The molecule has 0 aliphatic rings. The Balaban J connectivity index is 2.36. The van der Waals surface area contributed by atoms with Gasteiger partial charge in [0, 0.05) is 6.42 Å². The van der Waals surface area contributed by atoms with E-state index in [4.69, 9.17) is 14.4 Å². The van der Waals surface area contributed by atoms with Crippen molar-refractivity contribution in [3.8, 4) is 5.75 Å². The van der Waals surface area contributed by atoms with Crippen LogP contribution in [0.2, 0.25) is 0 Å². The maximum atomic E-state index is 11.1.